The molecule has 1 unspecified atom stereocenters. The van der Waals surface area contributed by atoms with Crippen molar-refractivity contribution in [1.29, 1.82) is 0 Å². The number of nitrogens with two attached hydrogens (primary N) is 1. The number of carbonyl (C=O) groups is 2. The van der Waals surface area contributed by atoms with Gasteiger partial charge in [-0.05, 0) is 24.6 Å². The highest BCUT2D eigenvalue weighted by Gasteiger charge is 2.32. The molecule has 1 aromatic carbocycles. The minimum absolute atomic E-state index is 0.0207. The molecule has 3 rings (SSSR count). The molecule has 1 aliphatic heterocycles. The Morgan fingerprint density at radius 2 is 2.04 bits per heavy atom. The second kappa shape index (κ2) is 7.14. The monoisotopic (exact) mass is 372 g/mol. The Morgan fingerprint density at radius 3 is 2.70 bits per heavy atom. The van der Waals surface area contributed by atoms with Crippen molar-refractivity contribution in [2.75, 3.05) is 13.7 Å². The van der Waals surface area contributed by atoms with Crippen molar-refractivity contribution in [1.82, 2.24) is 4.57 Å². The first-order valence-electron chi connectivity index (χ1n) is 8.32. The maximum atomic E-state index is 12.8. The fraction of sp³-hybridized carbons (Fsp3) is 0.316. The third-order valence-electron chi connectivity index (χ3n) is 4.57. The highest BCUT2D eigenvalue weighted by Crippen LogP contribution is 2.39. The first-order chi connectivity index (χ1) is 12.8. The van der Waals surface area contributed by atoms with Gasteiger partial charge >= 0.3 is 5.97 Å². The van der Waals surface area contributed by atoms with E-state index < -0.39 is 17.8 Å². The molecule has 27 heavy (non-hydrogen) atoms. The van der Waals surface area contributed by atoms with Gasteiger partial charge in [-0.2, -0.15) is 0 Å². The van der Waals surface area contributed by atoms with Gasteiger partial charge in [-0.3, -0.25) is 14.4 Å². The molecule has 0 fully saturated rings. The minimum atomic E-state index is -0.626. The Labute approximate surface area is 155 Å². The lowest BCUT2D eigenvalue weighted by molar-refractivity contribution is -0.135. The van der Waals surface area contributed by atoms with E-state index >= 15 is 0 Å². The van der Waals surface area contributed by atoms with Crippen LogP contribution in [0.4, 0.5) is 0 Å². The van der Waals surface area contributed by atoms with Crippen LogP contribution in [0.3, 0.4) is 0 Å². The number of esters is 1. The molecular formula is C19H20N2O6. The molecule has 2 N–H and O–H groups in total. The summed E-state index contributed by atoms with van der Waals surface area (Å²) in [4.78, 5) is 35.9. The van der Waals surface area contributed by atoms with Crippen molar-refractivity contribution in [3.05, 3.63) is 51.4 Å². The minimum Gasteiger partial charge on any atom is -0.493 e. The molecular weight excluding hydrogens is 352 g/mol. The van der Waals surface area contributed by atoms with Crippen LogP contribution in [0.15, 0.2) is 29.1 Å². The summed E-state index contributed by atoms with van der Waals surface area (Å²) < 4.78 is 17.4. The first-order valence-corrected chi connectivity index (χ1v) is 8.32. The Kier molecular flexibility index (Phi) is 4.89. The number of primary amides is 1. The molecule has 0 saturated carbocycles. The predicted molar refractivity (Wildman–Crippen MR) is 96.2 cm³/mol. The highest BCUT2D eigenvalue weighted by atomic mass is 16.5. The molecule has 2 heterocycles. The maximum absolute atomic E-state index is 12.8. The van der Waals surface area contributed by atoms with E-state index in [0.717, 1.165) is 0 Å². The Hall–Kier alpha value is -3.29. The first kappa shape index (κ1) is 18.5. The van der Waals surface area contributed by atoms with Crippen molar-refractivity contribution in [2.24, 2.45) is 12.8 Å². The maximum Gasteiger partial charge on any atom is 0.312 e. The lowest BCUT2D eigenvalue weighted by Crippen LogP contribution is -2.32. The average molecular weight is 372 g/mol. The van der Waals surface area contributed by atoms with Crippen LogP contribution in [0.1, 0.15) is 29.2 Å². The van der Waals surface area contributed by atoms with Gasteiger partial charge in [0, 0.05) is 24.7 Å². The molecule has 1 amide bonds. The van der Waals surface area contributed by atoms with E-state index in [-0.39, 0.29) is 24.3 Å². The quantitative estimate of drug-likeness (QED) is 0.785. The van der Waals surface area contributed by atoms with Gasteiger partial charge in [-0.1, -0.05) is 6.07 Å². The molecule has 8 nitrogen and oxygen atoms in total. The van der Waals surface area contributed by atoms with Crippen molar-refractivity contribution >= 4 is 11.9 Å². The zero-order valence-corrected chi connectivity index (χ0v) is 15.3. The molecule has 1 aliphatic rings. The van der Waals surface area contributed by atoms with Gasteiger partial charge in [-0.15, -0.1) is 0 Å². The van der Waals surface area contributed by atoms with E-state index in [2.05, 4.69) is 0 Å². The van der Waals surface area contributed by atoms with Crippen LogP contribution in [0, 0.1) is 6.92 Å². The van der Waals surface area contributed by atoms with Gasteiger partial charge < -0.3 is 24.5 Å². The van der Waals surface area contributed by atoms with Gasteiger partial charge in [-0.25, -0.2) is 0 Å². The summed E-state index contributed by atoms with van der Waals surface area (Å²) in [6.07, 6.45) is 0.0207. The third-order valence-corrected chi connectivity index (χ3v) is 4.57. The lowest BCUT2D eigenvalue weighted by Gasteiger charge is -2.26. The molecule has 1 atom stereocenters. The van der Waals surface area contributed by atoms with Gasteiger partial charge in [0.15, 0.2) is 18.1 Å². The standard InChI is InChI=1S/C19H20N2O6/c1-10-6-15-18(19(24)21(10)2)12(8-17(23)27-15)11-4-5-13(25-3)14(7-11)26-9-16(20)22/h4-7,12H,8-9H2,1-3H3,(H2,20,22). The number of hydrogen-bond donors (Lipinski definition) is 1. The second-order valence-corrected chi connectivity index (χ2v) is 6.32. The number of ether oxygens (including phenoxy) is 3. The van der Waals surface area contributed by atoms with Crippen molar-refractivity contribution in [2.45, 2.75) is 19.3 Å². The summed E-state index contributed by atoms with van der Waals surface area (Å²) in [6, 6.07) is 6.73. The number of benzene rings is 1. The topological polar surface area (TPSA) is 110 Å². The van der Waals surface area contributed by atoms with Gasteiger partial charge in [0.1, 0.15) is 5.75 Å². The number of aromatic nitrogens is 1. The van der Waals surface area contributed by atoms with E-state index in [1.54, 1.807) is 38.2 Å². The fourth-order valence-corrected chi connectivity index (χ4v) is 3.11. The molecule has 0 spiro atoms. The van der Waals surface area contributed by atoms with Gasteiger partial charge in [0.25, 0.3) is 11.5 Å². The van der Waals surface area contributed by atoms with Crippen LogP contribution >= 0.6 is 0 Å². The number of nitrogens with zero attached hydrogens (tertiary/aromatic N) is 1. The number of rotatable bonds is 5. The van der Waals surface area contributed by atoms with E-state index in [9.17, 15) is 14.4 Å². The van der Waals surface area contributed by atoms with Gasteiger partial charge in [0.2, 0.25) is 0 Å². The third kappa shape index (κ3) is 3.51. The molecule has 0 bridgehead atoms. The number of pyridine rings is 1. The number of aryl methyl sites for hydroxylation is 1. The molecule has 2 aromatic rings. The predicted octanol–water partition coefficient (Wildman–Crippen LogP) is 1.01. The number of carbonyl (C=O) groups excluding carboxylic acids is 2. The molecule has 142 valence electrons. The Morgan fingerprint density at radius 1 is 1.30 bits per heavy atom. The van der Waals surface area contributed by atoms with Crippen LogP contribution in [-0.4, -0.2) is 30.2 Å². The zero-order chi connectivity index (χ0) is 19.7. The highest BCUT2D eigenvalue weighted by molar-refractivity contribution is 5.78. The van der Waals surface area contributed by atoms with Crippen LogP contribution < -0.4 is 25.5 Å². The zero-order valence-electron chi connectivity index (χ0n) is 15.3. The normalized spacial score (nSPS) is 15.7. The lowest BCUT2D eigenvalue weighted by atomic mass is 9.86. The molecule has 8 heteroatoms. The van der Waals surface area contributed by atoms with Crippen molar-refractivity contribution in [3.8, 4) is 17.2 Å². The summed E-state index contributed by atoms with van der Waals surface area (Å²) in [6.45, 7) is 1.45. The SMILES string of the molecule is COc1ccc(C2CC(=O)Oc3cc(C)n(C)c(=O)c32)cc1OCC(N)=O. The molecule has 0 radical (unpaired) electrons. The van der Waals surface area contributed by atoms with Gasteiger partial charge in [0.05, 0.1) is 19.1 Å². The van der Waals surface area contributed by atoms with Crippen LogP contribution in [-0.2, 0) is 16.6 Å². The van der Waals surface area contributed by atoms with Crippen LogP contribution in [0.5, 0.6) is 17.2 Å². The number of amides is 1. The smallest absolute Gasteiger partial charge is 0.312 e. The summed E-state index contributed by atoms with van der Waals surface area (Å²) in [5.74, 6) is -0.558. The summed E-state index contributed by atoms with van der Waals surface area (Å²) >= 11 is 0. The summed E-state index contributed by atoms with van der Waals surface area (Å²) in [5, 5.41) is 0. The largest absolute Gasteiger partial charge is 0.493 e. The van der Waals surface area contributed by atoms with Crippen LogP contribution in [0.2, 0.25) is 0 Å². The Bertz CT molecular complexity index is 979. The van der Waals surface area contributed by atoms with E-state index in [1.165, 1.54) is 11.7 Å². The van der Waals surface area contributed by atoms with E-state index in [1.807, 2.05) is 0 Å². The number of hydrogen-bond acceptors (Lipinski definition) is 6. The summed E-state index contributed by atoms with van der Waals surface area (Å²) in [7, 11) is 3.14. The van der Waals surface area contributed by atoms with E-state index in [4.69, 9.17) is 19.9 Å². The molecule has 0 aliphatic carbocycles. The van der Waals surface area contributed by atoms with Crippen molar-refractivity contribution < 1.29 is 23.8 Å². The average Bonchev–Trinajstić information content (AvgIpc) is 2.63. The Balaban J connectivity index is 2.11. The number of methoxy groups -OCH3 is 1. The number of fused-ring (bicyclic) bond motifs is 1. The second-order valence-electron chi connectivity index (χ2n) is 6.32. The molecule has 0 saturated heterocycles. The van der Waals surface area contributed by atoms with E-state index in [0.29, 0.717) is 28.3 Å². The molecule has 1 aromatic heterocycles. The fourth-order valence-electron chi connectivity index (χ4n) is 3.11. The van der Waals surface area contributed by atoms with Crippen LogP contribution in [0.25, 0.3) is 0 Å². The summed E-state index contributed by atoms with van der Waals surface area (Å²) in [5.41, 5.74) is 6.68. The van der Waals surface area contributed by atoms with Crippen molar-refractivity contribution in [3.63, 3.8) is 0 Å².